The van der Waals surface area contributed by atoms with E-state index in [1.54, 1.807) is 0 Å². The topological polar surface area (TPSA) is 29.5 Å². The van der Waals surface area contributed by atoms with E-state index in [1.165, 1.54) is 0 Å². The van der Waals surface area contributed by atoms with E-state index >= 15 is 0 Å². The van der Waals surface area contributed by atoms with Crippen molar-refractivity contribution in [3.8, 4) is 0 Å². The van der Waals surface area contributed by atoms with Gasteiger partial charge in [-0.3, -0.25) is 9.46 Å². The Hall–Kier alpha value is 0.150. The van der Waals surface area contributed by atoms with Crippen LogP contribution in [0.25, 0.3) is 0 Å². The van der Waals surface area contributed by atoms with Crippen LogP contribution in [0, 0.1) is 0 Å². The van der Waals surface area contributed by atoms with Gasteiger partial charge in [0.1, 0.15) is 6.73 Å². The van der Waals surface area contributed by atoms with Gasteiger partial charge in [0, 0.05) is 0 Å². The Kier molecular flexibility index (Phi) is 0.549. The van der Waals surface area contributed by atoms with Crippen molar-refractivity contribution in [2.24, 2.45) is 0 Å². The summed E-state index contributed by atoms with van der Waals surface area (Å²) in [4.78, 5) is 2.03. The van der Waals surface area contributed by atoms with Gasteiger partial charge in [-0.15, -0.1) is 0 Å². The lowest BCUT2D eigenvalue weighted by atomic mass is 10.9. The van der Waals surface area contributed by atoms with Crippen LogP contribution in [0.1, 0.15) is 0 Å². The quantitative estimate of drug-likeness (QED) is 0.434. The number of hydrogen-bond acceptors (Lipinski definition) is 3. The molecule has 0 saturated carbocycles. The van der Waals surface area contributed by atoms with Crippen LogP contribution in [0.2, 0.25) is 0 Å². The van der Waals surface area contributed by atoms with Crippen molar-refractivity contribution < 1.29 is 9.09 Å². The van der Waals surface area contributed by atoms with Gasteiger partial charge in [0.15, 0.2) is 0 Å². The van der Waals surface area contributed by atoms with Gasteiger partial charge in [-0.1, -0.05) is 0 Å². The smallest absolute Gasteiger partial charge is 0.231 e. The summed E-state index contributed by atoms with van der Waals surface area (Å²) in [5, 5.41) is 0. The number of hydrogen-bond donors (Lipinski definition) is 0. The zero-order valence-corrected chi connectivity index (χ0v) is 4.73. The summed E-state index contributed by atoms with van der Waals surface area (Å²) < 4.78 is 15.7. The molecule has 0 unspecified atom stereocenters. The summed E-state index contributed by atoms with van der Waals surface area (Å²) in [7, 11) is -1.97. The molecule has 40 valence electrons. The van der Waals surface area contributed by atoms with Crippen LogP contribution >= 0.6 is 7.37 Å². The van der Waals surface area contributed by atoms with Crippen LogP contribution in [-0.2, 0) is 9.09 Å². The molecule has 0 N–H and O–H groups in total. The molecule has 0 aliphatic carbocycles. The lowest BCUT2D eigenvalue weighted by Gasteiger charge is -2.21. The minimum Gasteiger partial charge on any atom is -0.311 e. The van der Waals surface area contributed by atoms with Crippen LogP contribution < -0.4 is 0 Å². The Morgan fingerprint density at radius 1 is 1.57 bits per heavy atom. The Balaban J connectivity index is 2.35. The second-order valence-electron chi connectivity index (χ2n) is 2.03. The first-order valence-corrected chi connectivity index (χ1v) is 4.23. The molecule has 3 aliphatic rings. The minimum atomic E-state index is -1.97. The lowest BCUT2D eigenvalue weighted by molar-refractivity contribution is 0.257. The molecular formula is C3H6NO2P. The average Bonchev–Trinajstić information content (AvgIpc) is 1.88. The largest absolute Gasteiger partial charge is 0.311 e. The second kappa shape index (κ2) is 0.943. The van der Waals surface area contributed by atoms with Crippen LogP contribution in [0.3, 0.4) is 0 Å². The van der Waals surface area contributed by atoms with E-state index in [0.717, 1.165) is 0 Å². The third kappa shape index (κ3) is 0.406. The normalized spacial score (nSPS) is 56.9. The zero-order chi connectivity index (χ0) is 4.91. The van der Waals surface area contributed by atoms with Gasteiger partial charge >= 0.3 is 0 Å². The van der Waals surface area contributed by atoms with Gasteiger partial charge in [0.2, 0.25) is 7.37 Å². The van der Waals surface area contributed by atoms with Crippen LogP contribution in [-0.4, -0.2) is 24.2 Å². The average molecular weight is 119 g/mol. The Bertz CT molecular complexity index is 128. The van der Waals surface area contributed by atoms with Crippen molar-refractivity contribution in [3.63, 3.8) is 0 Å². The predicted octanol–water partition coefficient (Wildman–Crippen LogP) is 0.483. The highest BCUT2D eigenvalue weighted by Gasteiger charge is 2.46. The molecule has 3 saturated heterocycles. The number of rotatable bonds is 0. The minimum absolute atomic E-state index is 0.608. The molecule has 3 heterocycles. The highest BCUT2D eigenvalue weighted by Crippen LogP contribution is 2.61. The zero-order valence-electron chi connectivity index (χ0n) is 3.83. The maximum atomic E-state index is 10.8. The first kappa shape index (κ1) is 4.07. The van der Waals surface area contributed by atoms with Gasteiger partial charge in [-0.25, -0.2) is 0 Å². The van der Waals surface area contributed by atoms with Crippen LogP contribution in [0.5, 0.6) is 0 Å². The van der Waals surface area contributed by atoms with Crippen LogP contribution in [0.4, 0.5) is 0 Å². The Labute approximate surface area is 41.7 Å². The number of nitrogens with zero attached hydrogens (tertiary/aromatic N) is 1. The fourth-order valence-corrected chi connectivity index (χ4v) is 2.75. The summed E-state index contributed by atoms with van der Waals surface area (Å²) in [6.45, 7) is 0.608. The summed E-state index contributed by atoms with van der Waals surface area (Å²) in [6.07, 6.45) is 1.43. The molecule has 0 aromatic carbocycles. The maximum absolute atomic E-state index is 10.8. The molecule has 0 amide bonds. The van der Waals surface area contributed by atoms with Crippen molar-refractivity contribution >= 4 is 7.37 Å². The van der Waals surface area contributed by atoms with E-state index in [4.69, 9.17) is 4.52 Å². The molecule has 2 bridgehead atoms. The van der Waals surface area contributed by atoms with E-state index in [9.17, 15) is 4.57 Å². The molecule has 0 aromatic rings. The molecule has 3 nitrogen and oxygen atoms in total. The molecule has 0 aromatic heterocycles. The summed E-state index contributed by atoms with van der Waals surface area (Å²) >= 11 is 0. The van der Waals surface area contributed by atoms with Gasteiger partial charge in [-0.2, -0.15) is 0 Å². The van der Waals surface area contributed by atoms with Crippen molar-refractivity contribution in [1.29, 1.82) is 0 Å². The van der Waals surface area contributed by atoms with E-state index in [1.807, 2.05) is 4.90 Å². The molecule has 4 heteroatoms. The van der Waals surface area contributed by atoms with E-state index < -0.39 is 7.37 Å². The van der Waals surface area contributed by atoms with E-state index in [0.29, 0.717) is 19.3 Å². The molecular weight excluding hydrogens is 113 g/mol. The van der Waals surface area contributed by atoms with Crippen LogP contribution in [0.15, 0.2) is 0 Å². The molecule has 7 heavy (non-hydrogen) atoms. The van der Waals surface area contributed by atoms with Gasteiger partial charge < -0.3 is 4.52 Å². The third-order valence-electron chi connectivity index (χ3n) is 1.31. The van der Waals surface area contributed by atoms with Crippen molar-refractivity contribution in [2.75, 3.05) is 19.3 Å². The van der Waals surface area contributed by atoms with Gasteiger partial charge in [0.05, 0.1) is 12.6 Å². The molecule has 3 fully saturated rings. The second-order valence-corrected chi connectivity index (χ2v) is 4.48. The Morgan fingerprint density at radius 2 is 2.29 bits per heavy atom. The fourth-order valence-electron chi connectivity index (χ4n) is 0.918. The molecule has 3 aliphatic heterocycles. The maximum Gasteiger partial charge on any atom is 0.231 e. The van der Waals surface area contributed by atoms with Gasteiger partial charge in [0.25, 0.3) is 0 Å². The van der Waals surface area contributed by atoms with E-state index in [-0.39, 0.29) is 0 Å². The number of fused-ring (bicyclic) bond motifs is 1. The summed E-state index contributed by atoms with van der Waals surface area (Å²) in [5.41, 5.74) is 0. The first-order chi connectivity index (χ1) is 3.29. The first-order valence-electron chi connectivity index (χ1n) is 2.23. The van der Waals surface area contributed by atoms with Crippen molar-refractivity contribution in [1.82, 2.24) is 4.90 Å². The monoisotopic (exact) mass is 119 g/mol. The van der Waals surface area contributed by atoms with E-state index in [2.05, 4.69) is 0 Å². The summed E-state index contributed by atoms with van der Waals surface area (Å²) in [5.74, 6) is 0. The summed E-state index contributed by atoms with van der Waals surface area (Å²) in [6, 6.07) is 0. The van der Waals surface area contributed by atoms with Gasteiger partial charge in [-0.05, 0) is 0 Å². The SMILES string of the molecule is O=P12CN(CO1)C2. The predicted molar refractivity (Wildman–Crippen MR) is 25.1 cm³/mol. The molecule has 0 atom stereocenters. The molecule has 3 rings (SSSR count). The third-order valence-corrected chi connectivity index (χ3v) is 3.55. The Morgan fingerprint density at radius 3 is 2.43 bits per heavy atom. The standard InChI is InChI=1S/C3H6NO2P/c5-7-2-4(3-7)1-6-7/h1-3H2. The molecule has 0 radical (unpaired) electrons. The molecule has 0 spiro atoms. The highest BCUT2D eigenvalue weighted by molar-refractivity contribution is 7.60. The fraction of sp³-hybridized carbons (Fsp3) is 1.00. The lowest BCUT2D eigenvalue weighted by Crippen LogP contribution is -2.26. The van der Waals surface area contributed by atoms with Crippen molar-refractivity contribution in [3.05, 3.63) is 0 Å². The highest BCUT2D eigenvalue weighted by atomic mass is 31.2. The van der Waals surface area contributed by atoms with Crippen molar-refractivity contribution in [2.45, 2.75) is 0 Å².